The van der Waals surface area contributed by atoms with E-state index in [2.05, 4.69) is 4.90 Å². The summed E-state index contributed by atoms with van der Waals surface area (Å²) in [6.45, 7) is 2.43. The largest absolute Gasteiger partial charge is 0.405 e. The molecular weight excluding hydrogens is 243 g/mol. The topological polar surface area (TPSA) is 32.5 Å². The van der Waals surface area contributed by atoms with E-state index in [1.54, 1.807) is 4.90 Å². The van der Waals surface area contributed by atoms with Gasteiger partial charge in [0.15, 0.2) is 0 Å². The van der Waals surface area contributed by atoms with Gasteiger partial charge in [-0.25, -0.2) is 0 Å². The fourth-order valence-corrected chi connectivity index (χ4v) is 3.43. The summed E-state index contributed by atoms with van der Waals surface area (Å²) in [7, 11) is 2.03. The van der Waals surface area contributed by atoms with Crippen LogP contribution in [0.3, 0.4) is 0 Å². The second kappa shape index (κ2) is 4.98. The molecule has 106 valence electrons. The van der Waals surface area contributed by atoms with Gasteiger partial charge in [-0.2, -0.15) is 13.2 Å². The normalized spacial score (nSPS) is 34.3. The average molecular weight is 265 g/mol. The first-order chi connectivity index (χ1) is 8.30. The van der Waals surface area contributed by atoms with Crippen molar-refractivity contribution in [2.24, 2.45) is 5.73 Å². The highest BCUT2D eigenvalue weighted by Crippen LogP contribution is 2.33. The molecule has 2 aliphatic rings. The number of hydrogen-bond acceptors (Lipinski definition) is 3. The number of halogens is 3. The number of likely N-dealkylation sites (tertiary alicyclic amines) is 1. The summed E-state index contributed by atoms with van der Waals surface area (Å²) in [5, 5.41) is 0. The number of alkyl halides is 3. The molecule has 2 rings (SSSR count). The molecule has 2 bridgehead atoms. The molecule has 0 saturated carbocycles. The van der Waals surface area contributed by atoms with Crippen molar-refractivity contribution in [3.05, 3.63) is 0 Å². The van der Waals surface area contributed by atoms with Crippen LogP contribution in [0.2, 0.25) is 0 Å². The van der Waals surface area contributed by atoms with Crippen LogP contribution in [0.5, 0.6) is 0 Å². The summed E-state index contributed by atoms with van der Waals surface area (Å²) in [6, 6.07) is -1.69. The first-order valence-corrected chi connectivity index (χ1v) is 6.59. The molecule has 3 nitrogen and oxygen atoms in total. The van der Waals surface area contributed by atoms with E-state index in [0.717, 1.165) is 19.3 Å². The molecule has 0 aliphatic carbocycles. The summed E-state index contributed by atoms with van der Waals surface area (Å²) in [4.78, 5) is 3.79. The minimum Gasteiger partial charge on any atom is -0.326 e. The van der Waals surface area contributed by atoms with Gasteiger partial charge in [0.25, 0.3) is 0 Å². The van der Waals surface area contributed by atoms with Gasteiger partial charge < -0.3 is 5.73 Å². The van der Waals surface area contributed by atoms with Crippen molar-refractivity contribution >= 4 is 0 Å². The Hall–Kier alpha value is -0.330. The maximum atomic E-state index is 13.1. The van der Waals surface area contributed by atoms with Crippen molar-refractivity contribution < 1.29 is 13.2 Å². The van der Waals surface area contributed by atoms with Gasteiger partial charge in [-0.15, -0.1) is 0 Å². The molecule has 4 atom stereocenters. The Labute approximate surface area is 106 Å². The molecule has 0 radical (unpaired) electrons. The molecule has 18 heavy (non-hydrogen) atoms. The first kappa shape index (κ1) is 14.1. The monoisotopic (exact) mass is 265 g/mol. The van der Waals surface area contributed by atoms with Gasteiger partial charge in [0.2, 0.25) is 0 Å². The van der Waals surface area contributed by atoms with E-state index in [9.17, 15) is 13.2 Å². The lowest BCUT2D eigenvalue weighted by molar-refractivity contribution is -0.188. The second-order valence-corrected chi connectivity index (χ2v) is 5.68. The van der Waals surface area contributed by atoms with Crippen molar-refractivity contribution in [3.8, 4) is 0 Å². The third-order valence-electron chi connectivity index (χ3n) is 4.41. The SMILES string of the molecule is CC(N)C(N1CCC2CCC(C1)N2C)C(F)(F)F. The van der Waals surface area contributed by atoms with Crippen molar-refractivity contribution in [2.75, 3.05) is 20.1 Å². The highest BCUT2D eigenvalue weighted by molar-refractivity contribution is 4.95. The minimum absolute atomic E-state index is 0.251. The maximum absolute atomic E-state index is 13.1. The van der Waals surface area contributed by atoms with Crippen LogP contribution in [-0.4, -0.2) is 60.3 Å². The predicted octanol–water partition coefficient (Wildman–Crippen LogP) is 1.43. The van der Waals surface area contributed by atoms with Gasteiger partial charge in [-0.1, -0.05) is 0 Å². The van der Waals surface area contributed by atoms with E-state index in [1.807, 2.05) is 7.05 Å². The van der Waals surface area contributed by atoms with Crippen LogP contribution in [0.25, 0.3) is 0 Å². The molecule has 2 heterocycles. The molecule has 6 heteroatoms. The van der Waals surface area contributed by atoms with Crippen LogP contribution < -0.4 is 5.73 Å². The summed E-state index contributed by atoms with van der Waals surface area (Å²) < 4.78 is 39.3. The molecule has 0 aromatic rings. The molecular formula is C12H22F3N3. The third kappa shape index (κ3) is 2.65. The van der Waals surface area contributed by atoms with Crippen LogP contribution >= 0.6 is 0 Å². The van der Waals surface area contributed by atoms with E-state index < -0.39 is 18.3 Å². The van der Waals surface area contributed by atoms with E-state index in [4.69, 9.17) is 5.73 Å². The van der Waals surface area contributed by atoms with Crippen LogP contribution in [0.4, 0.5) is 13.2 Å². The molecule has 0 aromatic heterocycles. The standard InChI is InChI=1S/C12H22F3N3/c1-8(16)11(12(13,14)15)18-6-5-9-3-4-10(7-18)17(9)2/h8-11H,3-7,16H2,1-2H3. The van der Waals surface area contributed by atoms with Crippen LogP contribution in [0.1, 0.15) is 26.2 Å². The van der Waals surface area contributed by atoms with Crippen molar-refractivity contribution in [1.82, 2.24) is 9.80 Å². The van der Waals surface area contributed by atoms with Crippen LogP contribution in [0.15, 0.2) is 0 Å². The minimum atomic E-state index is -4.24. The van der Waals surface area contributed by atoms with Crippen LogP contribution in [0, 0.1) is 0 Å². The summed E-state index contributed by atoms with van der Waals surface area (Å²) in [5.74, 6) is 0. The number of likely N-dealkylation sites (N-methyl/N-ethyl adjacent to an activating group) is 1. The maximum Gasteiger partial charge on any atom is 0.405 e. The lowest BCUT2D eigenvalue weighted by Crippen LogP contribution is -2.56. The van der Waals surface area contributed by atoms with E-state index in [0.29, 0.717) is 19.1 Å². The number of hydrogen-bond donors (Lipinski definition) is 1. The van der Waals surface area contributed by atoms with Gasteiger partial charge in [0.05, 0.1) is 0 Å². The molecule has 0 spiro atoms. The zero-order valence-electron chi connectivity index (χ0n) is 11.0. The van der Waals surface area contributed by atoms with Crippen molar-refractivity contribution in [3.63, 3.8) is 0 Å². The molecule has 0 aromatic carbocycles. The Morgan fingerprint density at radius 1 is 1.17 bits per heavy atom. The molecule has 2 aliphatic heterocycles. The van der Waals surface area contributed by atoms with Gasteiger partial charge in [0, 0.05) is 31.2 Å². The average Bonchev–Trinajstić information content (AvgIpc) is 2.43. The number of fused-ring (bicyclic) bond motifs is 2. The van der Waals surface area contributed by atoms with Crippen LogP contribution in [-0.2, 0) is 0 Å². The molecule has 0 amide bonds. The summed E-state index contributed by atoms with van der Waals surface area (Å²) in [5.41, 5.74) is 5.56. The van der Waals surface area contributed by atoms with E-state index in [-0.39, 0.29) is 6.04 Å². The number of nitrogens with two attached hydrogens (primary N) is 1. The Bertz CT molecular complexity index is 293. The van der Waals surface area contributed by atoms with Gasteiger partial charge in [-0.3, -0.25) is 9.80 Å². The van der Waals surface area contributed by atoms with Gasteiger partial charge >= 0.3 is 6.18 Å². The lowest BCUT2D eigenvalue weighted by atomic mass is 10.0. The number of rotatable bonds is 2. The zero-order chi connectivity index (χ0) is 13.5. The van der Waals surface area contributed by atoms with E-state index in [1.165, 1.54) is 6.92 Å². The predicted molar refractivity (Wildman–Crippen MR) is 64.3 cm³/mol. The molecule has 2 fully saturated rings. The first-order valence-electron chi connectivity index (χ1n) is 6.59. The highest BCUT2D eigenvalue weighted by Gasteiger charge is 2.48. The Balaban J connectivity index is 2.13. The number of nitrogens with zero attached hydrogens (tertiary/aromatic N) is 2. The van der Waals surface area contributed by atoms with E-state index >= 15 is 0 Å². The van der Waals surface area contributed by atoms with Gasteiger partial charge in [-0.05, 0) is 33.2 Å². The summed E-state index contributed by atoms with van der Waals surface area (Å²) in [6.07, 6.45) is -1.31. The van der Waals surface area contributed by atoms with Gasteiger partial charge in [0.1, 0.15) is 6.04 Å². The third-order valence-corrected chi connectivity index (χ3v) is 4.41. The Morgan fingerprint density at radius 3 is 2.33 bits per heavy atom. The quantitative estimate of drug-likeness (QED) is 0.820. The van der Waals surface area contributed by atoms with Crippen molar-refractivity contribution in [2.45, 2.75) is 56.5 Å². The zero-order valence-corrected chi connectivity index (χ0v) is 11.0. The second-order valence-electron chi connectivity index (χ2n) is 5.68. The highest BCUT2D eigenvalue weighted by atomic mass is 19.4. The summed E-state index contributed by atoms with van der Waals surface area (Å²) >= 11 is 0. The fourth-order valence-electron chi connectivity index (χ4n) is 3.43. The smallest absolute Gasteiger partial charge is 0.326 e. The molecule has 2 N–H and O–H groups in total. The fraction of sp³-hybridized carbons (Fsp3) is 1.00. The molecule has 2 saturated heterocycles. The molecule has 4 unspecified atom stereocenters. The lowest BCUT2D eigenvalue weighted by Gasteiger charge is -2.36. The Morgan fingerprint density at radius 2 is 1.78 bits per heavy atom. The van der Waals surface area contributed by atoms with Crippen molar-refractivity contribution in [1.29, 1.82) is 0 Å². The Kier molecular flexibility index (Phi) is 3.90.